The fourth-order valence-electron chi connectivity index (χ4n) is 0.779. The minimum absolute atomic E-state index is 0.461. The van der Waals surface area contributed by atoms with E-state index in [2.05, 4.69) is 4.98 Å². The van der Waals surface area contributed by atoms with Crippen LogP contribution in [0.1, 0.15) is 22.5 Å². The Kier molecular flexibility index (Phi) is 3.29. The van der Waals surface area contributed by atoms with E-state index in [-0.39, 0.29) is 0 Å². The zero-order valence-corrected chi connectivity index (χ0v) is 8.63. The highest BCUT2D eigenvalue weighted by atomic mass is 127. The molecule has 1 aromatic heterocycles. The van der Waals surface area contributed by atoms with E-state index >= 15 is 0 Å². The van der Waals surface area contributed by atoms with Crippen molar-refractivity contribution in [2.24, 2.45) is 0 Å². The van der Waals surface area contributed by atoms with Gasteiger partial charge in [0, 0.05) is 6.20 Å². The topological polar surface area (TPSA) is 50.2 Å². The van der Waals surface area contributed by atoms with Crippen molar-refractivity contribution in [3.05, 3.63) is 26.8 Å². The van der Waals surface area contributed by atoms with E-state index in [1.165, 1.54) is 22.6 Å². The van der Waals surface area contributed by atoms with Crippen LogP contribution in [0.4, 0.5) is 13.2 Å². The number of hydrogen-bond acceptors (Lipinski definition) is 2. The van der Waals surface area contributed by atoms with Crippen molar-refractivity contribution in [2.75, 3.05) is 0 Å². The number of halogens is 4. The number of carbonyl (C=O) groups is 1. The van der Waals surface area contributed by atoms with Gasteiger partial charge in [0.25, 0.3) is 6.43 Å². The molecule has 0 aromatic carbocycles. The lowest BCUT2D eigenvalue weighted by molar-refractivity contribution is 0.0690. The maximum atomic E-state index is 13.1. The van der Waals surface area contributed by atoms with Gasteiger partial charge in [-0.1, -0.05) is 0 Å². The first-order valence-corrected chi connectivity index (χ1v) is 4.38. The third kappa shape index (κ3) is 1.97. The number of rotatable bonds is 2. The molecule has 0 aliphatic carbocycles. The molecule has 0 fully saturated rings. The Labute approximate surface area is 90.1 Å². The van der Waals surface area contributed by atoms with Crippen molar-refractivity contribution in [3.8, 4) is 0 Å². The monoisotopic (exact) mass is 317 g/mol. The largest absolute Gasteiger partial charge is 0.478 e. The molecule has 0 spiro atoms. The van der Waals surface area contributed by atoms with Crippen LogP contribution in [-0.4, -0.2) is 16.1 Å². The van der Waals surface area contributed by atoms with E-state index in [0.717, 1.165) is 0 Å². The molecular formula is C7H3F3INO2. The molecule has 0 bridgehead atoms. The zero-order valence-electron chi connectivity index (χ0n) is 6.47. The molecule has 1 heterocycles. The quantitative estimate of drug-likeness (QED) is 0.853. The summed E-state index contributed by atoms with van der Waals surface area (Å²) >= 11 is 1.30. The van der Waals surface area contributed by atoms with E-state index in [1.54, 1.807) is 0 Å². The van der Waals surface area contributed by atoms with Gasteiger partial charge in [0.1, 0.15) is 11.3 Å². The zero-order chi connectivity index (χ0) is 10.9. The van der Waals surface area contributed by atoms with E-state index < -0.39 is 33.0 Å². The van der Waals surface area contributed by atoms with Crippen molar-refractivity contribution in [1.29, 1.82) is 0 Å². The lowest BCUT2D eigenvalue weighted by Crippen LogP contribution is -2.07. The summed E-state index contributed by atoms with van der Waals surface area (Å²) in [6.07, 6.45) is -2.33. The summed E-state index contributed by atoms with van der Waals surface area (Å²) in [6, 6.07) is 0. The van der Waals surface area contributed by atoms with Crippen LogP contribution in [0.25, 0.3) is 0 Å². The Hall–Kier alpha value is -0.860. The second kappa shape index (κ2) is 4.11. The number of pyridine rings is 1. The van der Waals surface area contributed by atoms with Crippen LogP contribution in [0.5, 0.6) is 0 Å². The van der Waals surface area contributed by atoms with E-state index in [9.17, 15) is 18.0 Å². The van der Waals surface area contributed by atoms with Gasteiger partial charge in [-0.3, -0.25) is 4.98 Å². The SMILES string of the molecule is O=C(O)c1cnc(C(F)F)c(I)c1F. The van der Waals surface area contributed by atoms with E-state index in [1.807, 2.05) is 0 Å². The smallest absolute Gasteiger partial charge is 0.340 e. The lowest BCUT2D eigenvalue weighted by Gasteiger charge is -2.04. The van der Waals surface area contributed by atoms with Crippen LogP contribution < -0.4 is 0 Å². The number of alkyl halides is 2. The Morgan fingerprint density at radius 1 is 1.57 bits per heavy atom. The second-order valence-corrected chi connectivity index (χ2v) is 3.37. The van der Waals surface area contributed by atoms with Crippen LogP contribution >= 0.6 is 22.6 Å². The Bertz CT molecular complexity index is 383. The van der Waals surface area contributed by atoms with Crippen molar-refractivity contribution in [2.45, 2.75) is 6.43 Å². The lowest BCUT2D eigenvalue weighted by atomic mass is 10.2. The molecule has 0 radical (unpaired) electrons. The normalized spacial score (nSPS) is 10.6. The van der Waals surface area contributed by atoms with Gasteiger partial charge in [0.05, 0.1) is 3.57 Å². The Morgan fingerprint density at radius 2 is 2.14 bits per heavy atom. The minimum Gasteiger partial charge on any atom is -0.478 e. The first-order valence-electron chi connectivity index (χ1n) is 3.30. The molecule has 0 amide bonds. The van der Waals surface area contributed by atoms with Crippen molar-refractivity contribution in [3.63, 3.8) is 0 Å². The fourth-order valence-corrected chi connectivity index (χ4v) is 1.44. The predicted octanol–water partition coefficient (Wildman–Crippen LogP) is 2.46. The fraction of sp³-hybridized carbons (Fsp3) is 0.143. The van der Waals surface area contributed by atoms with Gasteiger partial charge in [0.2, 0.25) is 0 Å². The summed E-state index contributed by atoms with van der Waals surface area (Å²) in [6.45, 7) is 0. The number of aromatic carboxylic acids is 1. The van der Waals surface area contributed by atoms with Gasteiger partial charge in [-0.25, -0.2) is 18.0 Å². The van der Waals surface area contributed by atoms with E-state index in [0.29, 0.717) is 6.20 Å². The highest BCUT2D eigenvalue weighted by molar-refractivity contribution is 14.1. The van der Waals surface area contributed by atoms with Gasteiger partial charge < -0.3 is 5.11 Å². The Balaban J connectivity index is 3.33. The number of carboxylic acid groups (broad SMARTS) is 1. The third-order valence-corrected chi connectivity index (χ3v) is 2.45. The number of nitrogens with zero attached hydrogens (tertiary/aromatic N) is 1. The molecule has 0 saturated carbocycles. The molecule has 1 aromatic rings. The highest BCUT2D eigenvalue weighted by Crippen LogP contribution is 2.25. The van der Waals surface area contributed by atoms with Crippen LogP contribution in [0.15, 0.2) is 6.20 Å². The average Bonchev–Trinajstić information content (AvgIpc) is 2.08. The van der Waals surface area contributed by atoms with Gasteiger partial charge in [-0.05, 0) is 22.6 Å². The summed E-state index contributed by atoms with van der Waals surface area (Å²) in [7, 11) is 0. The maximum absolute atomic E-state index is 13.1. The van der Waals surface area contributed by atoms with Crippen molar-refractivity contribution < 1.29 is 23.1 Å². The summed E-state index contributed by atoms with van der Waals surface area (Å²) in [5.41, 5.74) is -1.45. The maximum Gasteiger partial charge on any atom is 0.340 e. The van der Waals surface area contributed by atoms with Crippen LogP contribution in [0.2, 0.25) is 0 Å². The molecule has 0 atom stereocenters. The molecule has 0 saturated heterocycles. The summed E-state index contributed by atoms with van der Waals surface area (Å²) in [5.74, 6) is -2.71. The van der Waals surface area contributed by atoms with Crippen LogP contribution in [0, 0.1) is 9.39 Å². The molecular weight excluding hydrogens is 314 g/mol. The van der Waals surface area contributed by atoms with E-state index in [4.69, 9.17) is 5.11 Å². The third-order valence-electron chi connectivity index (χ3n) is 1.42. The Morgan fingerprint density at radius 3 is 2.57 bits per heavy atom. The molecule has 7 heteroatoms. The van der Waals surface area contributed by atoms with Gasteiger partial charge >= 0.3 is 5.97 Å². The van der Waals surface area contributed by atoms with Gasteiger partial charge in [0.15, 0.2) is 5.82 Å². The molecule has 76 valence electrons. The minimum atomic E-state index is -2.92. The molecule has 1 N–H and O–H groups in total. The highest BCUT2D eigenvalue weighted by Gasteiger charge is 2.21. The summed E-state index contributed by atoms with van der Waals surface area (Å²) in [4.78, 5) is 13.6. The second-order valence-electron chi connectivity index (χ2n) is 2.29. The standard InChI is InChI=1S/C7H3F3INO2/c8-3-2(7(13)14)1-12-5(4(3)11)6(9)10/h1,6H,(H,13,14). The average molecular weight is 317 g/mol. The van der Waals surface area contributed by atoms with Crippen LogP contribution in [-0.2, 0) is 0 Å². The van der Waals surface area contributed by atoms with Gasteiger partial charge in [-0.15, -0.1) is 0 Å². The molecule has 14 heavy (non-hydrogen) atoms. The van der Waals surface area contributed by atoms with Gasteiger partial charge in [-0.2, -0.15) is 0 Å². The first-order chi connectivity index (χ1) is 6.45. The molecule has 0 aliphatic rings. The summed E-state index contributed by atoms with van der Waals surface area (Å²) < 4.78 is 37.0. The molecule has 3 nitrogen and oxygen atoms in total. The number of aromatic nitrogens is 1. The first kappa shape index (κ1) is 11.2. The molecule has 0 aliphatic heterocycles. The summed E-state index contributed by atoms with van der Waals surface area (Å²) in [5, 5.41) is 8.45. The number of carboxylic acids is 1. The predicted molar refractivity (Wildman–Crippen MR) is 48.8 cm³/mol. The number of hydrogen-bond donors (Lipinski definition) is 1. The van der Waals surface area contributed by atoms with Crippen molar-refractivity contribution in [1.82, 2.24) is 4.98 Å². The van der Waals surface area contributed by atoms with Crippen molar-refractivity contribution >= 4 is 28.6 Å². The van der Waals surface area contributed by atoms with Crippen LogP contribution in [0.3, 0.4) is 0 Å². The molecule has 1 rings (SSSR count). The molecule has 0 unspecified atom stereocenters.